The maximum Gasteiger partial charge on any atom is 0.317 e. The van der Waals surface area contributed by atoms with E-state index in [1.807, 2.05) is 17.9 Å². The lowest BCUT2D eigenvalue weighted by atomic mass is 9.93. The largest absolute Gasteiger partial charge is 0.368 e. The number of nitrogens with zero attached hydrogens (tertiary/aromatic N) is 4. The van der Waals surface area contributed by atoms with E-state index in [-0.39, 0.29) is 12.1 Å². The Morgan fingerprint density at radius 3 is 2.40 bits per heavy atom. The van der Waals surface area contributed by atoms with Crippen molar-refractivity contribution in [1.29, 1.82) is 5.26 Å². The zero-order valence-electron chi connectivity index (χ0n) is 20.2. The Labute approximate surface area is 206 Å². The van der Waals surface area contributed by atoms with Gasteiger partial charge in [-0.05, 0) is 62.9 Å². The normalized spacial score (nSPS) is 19.4. The fourth-order valence-corrected chi connectivity index (χ4v) is 5.10. The van der Waals surface area contributed by atoms with Crippen molar-refractivity contribution in [3.8, 4) is 6.07 Å². The summed E-state index contributed by atoms with van der Waals surface area (Å²) in [6.07, 6.45) is 3.27. The van der Waals surface area contributed by atoms with E-state index >= 15 is 0 Å². The Kier molecular flexibility index (Phi) is 8.19. The Morgan fingerprint density at radius 1 is 1.09 bits per heavy atom. The number of piperazine rings is 1. The molecule has 2 aliphatic rings. The summed E-state index contributed by atoms with van der Waals surface area (Å²) < 4.78 is 28.0. The van der Waals surface area contributed by atoms with Crippen LogP contribution in [-0.4, -0.2) is 61.1 Å². The first-order valence-corrected chi connectivity index (χ1v) is 12.4. The number of carbonyl (C=O) groups excluding carboxylic acids is 1. The zero-order valence-corrected chi connectivity index (χ0v) is 20.2. The van der Waals surface area contributed by atoms with Crippen molar-refractivity contribution < 1.29 is 13.6 Å². The van der Waals surface area contributed by atoms with Gasteiger partial charge in [-0.2, -0.15) is 5.26 Å². The summed E-state index contributed by atoms with van der Waals surface area (Å²) in [7, 11) is 0. The van der Waals surface area contributed by atoms with Gasteiger partial charge >= 0.3 is 6.03 Å². The smallest absolute Gasteiger partial charge is 0.317 e. The van der Waals surface area contributed by atoms with Crippen LogP contribution in [0, 0.1) is 28.9 Å². The lowest BCUT2D eigenvalue weighted by molar-refractivity contribution is 0.162. The number of carbonyl (C=O) groups is 1. The van der Waals surface area contributed by atoms with E-state index in [1.54, 1.807) is 11.0 Å². The number of urea groups is 1. The van der Waals surface area contributed by atoms with Gasteiger partial charge in [-0.1, -0.05) is 30.3 Å². The molecule has 1 N–H and O–H groups in total. The number of rotatable bonds is 6. The van der Waals surface area contributed by atoms with Gasteiger partial charge in [0.15, 0.2) is 0 Å². The lowest BCUT2D eigenvalue weighted by Crippen LogP contribution is -2.56. The standard InChI is InChI=1S/C27H33F2N5O/c1-20-18-33(23-15-25(28)24(17-30)26(29)16-23)13-14-34(20)27(35)31-10-7-21-8-11-32(12-9-21)19-22-5-3-2-4-6-22/h2-6,15-16,20-21H,7-14,18-19H2,1H3,(H,31,35)/t20-/m1/s1. The Hall–Kier alpha value is -3.18. The number of piperidine rings is 1. The van der Waals surface area contributed by atoms with Crippen LogP contribution >= 0.6 is 0 Å². The molecule has 4 rings (SSSR count). The second-order valence-corrected chi connectivity index (χ2v) is 9.61. The van der Waals surface area contributed by atoms with E-state index in [1.165, 1.54) is 17.7 Å². The van der Waals surface area contributed by atoms with Crippen molar-refractivity contribution in [1.82, 2.24) is 15.1 Å². The minimum absolute atomic E-state index is 0.0872. The van der Waals surface area contributed by atoms with Crippen LogP contribution in [0.25, 0.3) is 0 Å². The summed E-state index contributed by atoms with van der Waals surface area (Å²) in [6.45, 7) is 7.17. The third-order valence-corrected chi connectivity index (χ3v) is 7.18. The van der Waals surface area contributed by atoms with Crippen molar-refractivity contribution in [2.45, 2.75) is 38.8 Å². The molecular weight excluding hydrogens is 448 g/mol. The second-order valence-electron chi connectivity index (χ2n) is 9.61. The van der Waals surface area contributed by atoms with Gasteiger partial charge in [0.1, 0.15) is 23.3 Å². The number of anilines is 1. The molecule has 2 saturated heterocycles. The molecule has 6 nitrogen and oxygen atoms in total. The molecule has 2 aromatic carbocycles. The monoisotopic (exact) mass is 481 g/mol. The maximum absolute atomic E-state index is 14.0. The molecule has 1 atom stereocenters. The molecule has 0 aliphatic carbocycles. The molecule has 2 aromatic rings. The molecule has 8 heteroatoms. The van der Waals surface area contributed by atoms with Crippen molar-refractivity contribution in [2.24, 2.45) is 5.92 Å². The van der Waals surface area contributed by atoms with Crippen LogP contribution in [0.1, 0.15) is 37.3 Å². The zero-order chi connectivity index (χ0) is 24.8. The summed E-state index contributed by atoms with van der Waals surface area (Å²) in [5.41, 5.74) is 1.17. The third-order valence-electron chi connectivity index (χ3n) is 7.18. The number of amides is 2. The van der Waals surface area contributed by atoms with E-state index in [0.717, 1.165) is 38.9 Å². The number of halogens is 2. The van der Waals surface area contributed by atoms with Crippen LogP contribution in [0.15, 0.2) is 42.5 Å². The van der Waals surface area contributed by atoms with Crippen molar-refractivity contribution in [2.75, 3.05) is 44.2 Å². The highest BCUT2D eigenvalue weighted by molar-refractivity contribution is 5.75. The molecule has 0 bridgehead atoms. The van der Waals surface area contributed by atoms with Gasteiger partial charge in [-0.25, -0.2) is 13.6 Å². The fraction of sp³-hybridized carbons (Fsp3) is 0.481. The minimum Gasteiger partial charge on any atom is -0.368 e. The molecule has 0 saturated carbocycles. The summed E-state index contributed by atoms with van der Waals surface area (Å²) in [5, 5.41) is 11.9. The molecule has 2 amide bonds. The van der Waals surface area contributed by atoms with E-state index < -0.39 is 17.2 Å². The number of nitrogens with one attached hydrogen (secondary N) is 1. The number of hydrogen-bond acceptors (Lipinski definition) is 4. The van der Waals surface area contributed by atoms with E-state index in [0.29, 0.717) is 37.8 Å². The van der Waals surface area contributed by atoms with E-state index in [2.05, 4.69) is 34.5 Å². The van der Waals surface area contributed by atoms with Crippen LogP contribution in [0.3, 0.4) is 0 Å². The Bertz CT molecular complexity index is 1030. The first-order valence-electron chi connectivity index (χ1n) is 12.4. The maximum atomic E-state index is 14.0. The Balaban J connectivity index is 1.18. The lowest BCUT2D eigenvalue weighted by Gasteiger charge is -2.41. The Morgan fingerprint density at radius 2 is 1.77 bits per heavy atom. The number of benzene rings is 2. The van der Waals surface area contributed by atoms with Crippen LogP contribution in [-0.2, 0) is 6.54 Å². The van der Waals surface area contributed by atoms with Crippen molar-refractivity contribution in [3.63, 3.8) is 0 Å². The third kappa shape index (κ3) is 6.29. The fourth-order valence-electron chi connectivity index (χ4n) is 5.10. The highest BCUT2D eigenvalue weighted by Crippen LogP contribution is 2.25. The summed E-state index contributed by atoms with van der Waals surface area (Å²) in [6, 6.07) is 14.3. The SMILES string of the molecule is C[C@@H]1CN(c2cc(F)c(C#N)c(F)c2)CCN1C(=O)NCCC1CCN(Cc2ccccc2)CC1. The predicted octanol–water partition coefficient (Wildman–Crippen LogP) is 4.36. The average molecular weight is 482 g/mol. The molecule has 0 unspecified atom stereocenters. The highest BCUT2D eigenvalue weighted by Gasteiger charge is 2.28. The minimum atomic E-state index is -0.860. The summed E-state index contributed by atoms with van der Waals surface area (Å²) >= 11 is 0. The molecule has 2 fully saturated rings. The molecule has 35 heavy (non-hydrogen) atoms. The molecule has 0 spiro atoms. The van der Waals surface area contributed by atoms with Crippen molar-refractivity contribution >= 4 is 11.7 Å². The molecule has 0 aromatic heterocycles. The topological polar surface area (TPSA) is 62.6 Å². The molecule has 0 radical (unpaired) electrons. The molecule has 2 heterocycles. The molecular formula is C27H33F2N5O. The first kappa shape index (κ1) is 24.9. The van der Waals surface area contributed by atoms with Crippen LogP contribution in [0.4, 0.5) is 19.3 Å². The van der Waals surface area contributed by atoms with Crippen LogP contribution in [0.2, 0.25) is 0 Å². The van der Waals surface area contributed by atoms with Gasteiger partial charge in [0, 0.05) is 44.5 Å². The van der Waals surface area contributed by atoms with Gasteiger partial charge in [-0.15, -0.1) is 0 Å². The summed E-state index contributed by atoms with van der Waals surface area (Å²) in [4.78, 5) is 18.9. The number of nitriles is 1. The van der Waals surface area contributed by atoms with Gasteiger partial charge in [-0.3, -0.25) is 4.90 Å². The van der Waals surface area contributed by atoms with Gasteiger partial charge in [0.05, 0.1) is 0 Å². The van der Waals surface area contributed by atoms with Crippen LogP contribution in [0.5, 0.6) is 0 Å². The van der Waals surface area contributed by atoms with Gasteiger partial charge in [0.2, 0.25) is 0 Å². The van der Waals surface area contributed by atoms with Gasteiger partial charge < -0.3 is 15.1 Å². The van der Waals surface area contributed by atoms with E-state index in [9.17, 15) is 13.6 Å². The second kappa shape index (κ2) is 11.5. The summed E-state index contributed by atoms with van der Waals surface area (Å²) in [5.74, 6) is -1.10. The van der Waals surface area contributed by atoms with Crippen molar-refractivity contribution in [3.05, 3.63) is 65.2 Å². The predicted molar refractivity (Wildman–Crippen MR) is 132 cm³/mol. The van der Waals surface area contributed by atoms with Gasteiger partial charge in [0.25, 0.3) is 0 Å². The molecule has 2 aliphatic heterocycles. The molecule has 186 valence electrons. The first-order chi connectivity index (χ1) is 16.9. The number of hydrogen-bond donors (Lipinski definition) is 1. The highest BCUT2D eigenvalue weighted by atomic mass is 19.1. The van der Waals surface area contributed by atoms with Crippen LogP contribution < -0.4 is 10.2 Å². The average Bonchev–Trinajstić information content (AvgIpc) is 2.85. The quantitative estimate of drug-likeness (QED) is 0.666. The number of likely N-dealkylation sites (tertiary alicyclic amines) is 1. The van der Waals surface area contributed by atoms with E-state index in [4.69, 9.17) is 5.26 Å².